The van der Waals surface area contributed by atoms with Gasteiger partial charge in [0.15, 0.2) is 0 Å². The molecule has 0 radical (unpaired) electrons. The summed E-state index contributed by atoms with van der Waals surface area (Å²) in [5.74, 6) is 0. The SMILES string of the molecule is Cc1cc(C)c(S(=O)(=O)N[C@@H](C)c2ccc(-n3ccnc3)cc2)c(C)c1. The van der Waals surface area contributed by atoms with Gasteiger partial charge in [-0.1, -0.05) is 29.8 Å². The van der Waals surface area contributed by atoms with Crippen LogP contribution in [0.2, 0.25) is 0 Å². The van der Waals surface area contributed by atoms with E-state index in [2.05, 4.69) is 9.71 Å². The zero-order chi connectivity index (χ0) is 18.9. The Kier molecular flexibility index (Phi) is 4.98. The van der Waals surface area contributed by atoms with Crippen LogP contribution in [0.25, 0.3) is 5.69 Å². The number of nitrogens with zero attached hydrogens (tertiary/aromatic N) is 2. The molecule has 0 unspecified atom stereocenters. The van der Waals surface area contributed by atoms with Crippen molar-refractivity contribution in [3.8, 4) is 5.69 Å². The number of sulfonamides is 1. The lowest BCUT2D eigenvalue weighted by Crippen LogP contribution is -2.28. The molecule has 26 heavy (non-hydrogen) atoms. The Labute approximate surface area is 154 Å². The third-order valence-corrected chi connectivity index (χ3v) is 6.25. The van der Waals surface area contributed by atoms with Gasteiger partial charge in [0.1, 0.15) is 0 Å². The number of imidazole rings is 1. The Morgan fingerprint density at radius 2 is 1.65 bits per heavy atom. The molecule has 3 aromatic rings. The molecule has 0 spiro atoms. The molecule has 6 heteroatoms. The van der Waals surface area contributed by atoms with Gasteiger partial charge < -0.3 is 4.57 Å². The summed E-state index contributed by atoms with van der Waals surface area (Å²) in [7, 11) is -3.60. The van der Waals surface area contributed by atoms with Crippen molar-refractivity contribution in [2.24, 2.45) is 0 Å². The zero-order valence-electron chi connectivity index (χ0n) is 15.4. The second kappa shape index (κ2) is 7.05. The molecule has 0 saturated heterocycles. The molecule has 5 nitrogen and oxygen atoms in total. The summed E-state index contributed by atoms with van der Waals surface area (Å²) in [4.78, 5) is 4.40. The number of aryl methyl sites for hydroxylation is 3. The van der Waals surface area contributed by atoms with Gasteiger partial charge >= 0.3 is 0 Å². The maximum atomic E-state index is 12.9. The zero-order valence-corrected chi connectivity index (χ0v) is 16.2. The van der Waals surface area contributed by atoms with Gasteiger partial charge in [-0.05, 0) is 56.5 Å². The smallest absolute Gasteiger partial charge is 0.241 e. The fraction of sp³-hybridized carbons (Fsp3) is 0.250. The van der Waals surface area contributed by atoms with Crippen molar-refractivity contribution in [2.45, 2.75) is 38.6 Å². The van der Waals surface area contributed by atoms with Crippen molar-refractivity contribution >= 4 is 10.0 Å². The summed E-state index contributed by atoms with van der Waals surface area (Å²) in [6.45, 7) is 7.48. The van der Waals surface area contributed by atoms with Gasteiger partial charge in [-0.25, -0.2) is 18.1 Å². The molecule has 1 aromatic heterocycles. The molecule has 0 aliphatic carbocycles. The third kappa shape index (κ3) is 3.71. The molecule has 1 atom stereocenters. The van der Waals surface area contributed by atoms with Gasteiger partial charge in [-0.2, -0.15) is 0 Å². The van der Waals surface area contributed by atoms with E-state index in [1.54, 1.807) is 12.5 Å². The lowest BCUT2D eigenvalue weighted by molar-refractivity contribution is 0.565. The first kappa shape index (κ1) is 18.4. The van der Waals surface area contributed by atoms with E-state index >= 15 is 0 Å². The van der Waals surface area contributed by atoms with Crippen LogP contribution >= 0.6 is 0 Å². The highest BCUT2D eigenvalue weighted by Crippen LogP contribution is 2.24. The molecule has 0 fully saturated rings. The lowest BCUT2D eigenvalue weighted by Gasteiger charge is -2.18. The number of hydrogen-bond donors (Lipinski definition) is 1. The highest BCUT2D eigenvalue weighted by atomic mass is 32.2. The fourth-order valence-electron chi connectivity index (χ4n) is 3.30. The first-order valence-corrected chi connectivity index (χ1v) is 9.95. The number of aromatic nitrogens is 2. The third-order valence-electron chi connectivity index (χ3n) is 4.40. The molecule has 0 saturated carbocycles. The van der Waals surface area contributed by atoms with E-state index in [1.807, 2.05) is 74.9 Å². The molecule has 0 aliphatic rings. The van der Waals surface area contributed by atoms with Gasteiger partial charge in [-0.15, -0.1) is 0 Å². The molecular formula is C20H23N3O2S. The predicted octanol–water partition coefficient (Wildman–Crippen LogP) is 3.84. The Balaban J connectivity index is 1.84. The van der Waals surface area contributed by atoms with Crippen molar-refractivity contribution in [1.82, 2.24) is 14.3 Å². The van der Waals surface area contributed by atoms with E-state index in [0.29, 0.717) is 4.90 Å². The van der Waals surface area contributed by atoms with Crippen LogP contribution in [-0.4, -0.2) is 18.0 Å². The first-order chi connectivity index (χ1) is 12.3. The molecule has 3 rings (SSSR count). The monoisotopic (exact) mass is 369 g/mol. The summed E-state index contributed by atoms with van der Waals surface area (Å²) in [6.07, 6.45) is 5.31. The van der Waals surface area contributed by atoms with Gasteiger partial charge in [0, 0.05) is 24.1 Å². The minimum absolute atomic E-state index is 0.336. The van der Waals surface area contributed by atoms with Crippen LogP contribution in [0, 0.1) is 20.8 Å². The van der Waals surface area contributed by atoms with Crippen molar-refractivity contribution < 1.29 is 8.42 Å². The van der Waals surface area contributed by atoms with Crippen molar-refractivity contribution in [3.63, 3.8) is 0 Å². The standard InChI is InChI=1S/C20H23N3O2S/c1-14-11-15(2)20(16(3)12-14)26(24,25)22-17(4)18-5-7-19(8-6-18)23-10-9-21-13-23/h5-13,17,22H,1-4H3/t17-/m0/s1. The van der Waals surface area contributed by atoms with Crippen LogP contribution in [0.5, 0.6) is 0 Å². The summed E-state index contributed by atoms with van der Waals surface area (Å²) in [5.41, 5.74) is 4.46. The van der Waals surface area contributed by atoms with E-state index < -0.39 is 10.0 Å². The van der Waals surface area contributed by atoms with Crippen molar-refractivity contribution in [1.29, 1.82) is 0 Å². The van der Waals surface area contributed by atoms with E-state index in [0.717, 1.165) is 27.9 Å². The molecule has 136 valence electrons. The molecule has 0 bridgehead atoms. The van der Waals surface area contributed by atoms with Crippen LogP contribution in [0.1, 0.15) is 35.2 Å². The first-order valence-electron chi connectivity index (χ1n) is 8.46. The summed E-state index contributed by atoms with van der Waals surface area (Å²) < 4.78 is 30.5. The number of rotatable bonds is 5. The number of benzene rings is 2. The normalized spacial score (nSPS) is 12.9. The maximum absolute atomic E-state index is 12.9. The quantitative estimate of drug-likeness (QED) is 0.743. The van der Waals surface area contributed by atoms with Gasteiger partial charge in [0.05, 0.1) is 11.2 Å². The van der Waals surface area contributed by atoms with Crippen LogP contribution in [-0.2, 0) is 10.0 Å². The maximum Gasteiger partial charge on any atom is 0.241 e. The Hall–Kier alpha value is -2.44. The topological polar surface area (TPSA) is 64.0 Å². The molecule has 0 amide bonds. The number of nitrogens with one attached hydrogen (secondary N) is 1. The average Bonchev–Trinajstić information content (AvgIpc) is 3.07. The Bertz CT molecular complexity index is 985. The van der Waals surface area contributed by atoms with Crippen molar-refractivity contribution in [3.05, 3.63) is 77.4 Å². The van der Waals surface area contributed by atoms with Gasteiger partial charge in [-0.3, -0.25) is 0 Å². The van der Waals surface area contributed by atoms with Crippen LogP contribution in [0.4, 0.5) is 0 Å². The predicted molar refractivity (Wildman–Crippen MR) is 103 cm³/mol. The second-order valence-corrected chi connectivity index (χ2v) is 8.28. The minimum atomic E-state index is -3.60. The van der Waals surface area contributed by atoms with Gasteiger partial charge in [0.25, 0.3) is 0 Å². The fourth-order valence-corrected chi connectivity index (χ4v) is 4.98. The van der Waals surface area contributed by atoms with Crippen LogP contribution < -0.4 is 4.72 Å². The highest BCUT2D eigenvalue weighted by Gasteiger charge is 2.22. The Morgan fingerprint density at radius 1 is 1.04 bits per heavy atom. The molecular weight excluding hydrogens is 346 g/mol. The minimum Gasteiger partial charge on any atom is -0.306 e. The summed E-state index contributed by atoms with van der Waals surface area (Å²) in [5, 5.41) is 0. The van der Waals surface area contributed by atoms with E-state index in [-0.39, 0.29) is 6.04 Å². The molecule has 1 N–H and O–H groups in total. The van der Waals surface area contributed by atoms with Crippen LogP contribution in [0.15, 0.2) is 60.0 Å². The largest absolute Gasteiger partial charge is 0.306 e. The highest BCUT2D eigenvalue weighted by molar-refractivity contribution is 7.89. The summed E-state index contributed by atoms with van der Waals surface area (Å²) >= 11 is 0. The lowest BCUT2D eigenvalue weighted by atomic mass is 10.1. The summed E-state index contributed by atoms with van der Waals surface area (Å²) in [6, 6.07) is 11.2. The molecule has 0 aliphatic heterocycles. The van der Waals surface area contributed by atoms with E-state index in [1.165, 1.54) is 0 Å². The van der Waals surface area contributed by atoms with Crippen molar-refractivity contribution in [2.75, 3.05) is 0 Å². The Morgan fingerprint density at radius 3 is 2.19 bits per heavy atom. The number of hydrogen-bond acceptors (Lipinski definition) is 3. The second-order valence-electron chi connectivity index (χ2n) is 6.63. The molecule has 2 aromatic carbocycles. The van der Waals surface area contributed by atoms with Gasteiger partial charge in [0.2, 0.25) is 10.0 Å². The van der Waals surface area contributed by atoms with E-state index in [4.69, 9.17) is 0 Å². The average molecular weight is 369 g/mol. The molecule has 1 heterocycles. The van der Waals surface area contributed by atoms with Crippen LogP contribution in [0.3, 0.4) is 0 Å². The van der Waals surface area contributed by atoms with E-state index in [9.17, 15) is 8.42 Å².